The lowest BCUT2D eigenvalue weighted by molar-refractivity contribution is 0.0158. The minimum absolute atomic E-state index is 0.126. The van der Waals surface area contributed by atoms with Crippen LogP contribution in [-0.4, -0.2) is 67.2 Å². The molecule has 6 aliphatic rings. The van der Waals surface area contributed by atoms with Crippen LogP contribution in [0.3, 0.4) is 0 Å². The van der Waals surface area contributed by atoms with E-state index in [9.17, 15) is 4.79 Å². The van der Waals surface area contributed by atoms with Crippen molar-refractivity contribution in [2.75, 3.05) is 26.4 Å². The van der Waals surface area contributed by atoms with Crippen LogP contribution in [0.25, 0.3) is 0 Å². The molecule has 0 aromatic heterocycles. The first-order valence-corrected chi connectivity index (χ1v) is 10.9. The summed E-state index contributed by atoms with van der Waals surface area (Å²) in [7, 11) is 0. The second-order valence-electron chi connectivity index (χ2n) is 10.3. The van der Waals surface area contributed by atoms with Crippen LogP contribution in [0.5, 0.6) is 0 Å². The second kappa shape index (κ2) is 6.60. The molecular weight excluding hydrogens is 344 g/mol. The molecule has 152 valence electrons. The third-order valence-corrected chi connectivity index (χ3v) is 7.66. The van der Waals surface area contributed by atoms with Crippen LogP contribution < -0.4 is 5.32 Å². The first-order chi connectivity index (χ1) is 12.9. The number of hydrogen-bond acceptors (Lipinski definition) is 5. The highest BCUT2D eigenvalue weighted by Gasteiger charge is 2.57. The Morgan fingerprint density at radius 3 is 1.81 bits per heavy atom. The van der Waals surface area contributed by atoms with Crippen molar-refractivity contribution >= 4 is 6.09 Å². The van der Waals surface area contributed by atoms with Gasteiger partial charge in [0.1, 0.15) is 5.60 Å². The quantitative estimate of drug-likeness (QED) is 0.701. The molecule has 0 aliphatic carbocycles. The van der Waals surface area contributed by atoms with Crippen molar-refractivity contribution in [2.45, 2.75) is 76.2 Å². The minimum Gasteiger partial charge on any atom is -0.444 e. The predicted octanol–water partition coefficient (Wildman–Crippen LogP) is 2.41. The fraction of sp³-hybridized carbons (Fsp3) is 0.952. The van der Waals surface area contributed by atoms with Crippen LogP contribution in [0, 0.1) is 23.7 Å². The van der Waals surface area contributed by atoms with Crippen molar-refractivity contribution in [1.82, 2.24) is 10.2 Å². The van der Waals surface area contributed by atoms with Gasteiger partial charge in [-0.1, -0.05) is 0 Å². The third-order valence-electron chi connectivity index (χ3n) is 7.66. The predicted molar refractivity (Wildman–Crippen MR) is 100 cm³/mol. The van der Waals surface area contributed by atoms with E-state index in [0.29, 0.717) is 23.9 Å². The summed E-state index contributed by atoms with van der Waals surface area (Å²) in [5, 5.41) is 3.65. The number of nitrogens with one attached hydrogen (secondary N) is 1. The lowest BCUT2D eigenvalue weighted by Crippen LogP contribution is -2.41. The average molecular weight is 379 g/mol. The van der Waals surface area contributed by atoms with Gasteiger partial charge in [-0.25, -0.2) is 4.79 Å². The smallest absolute Gasteiger partial charge is 0.410 e. The number of carbonyl (C=O) groups is 1. The number of rotatable bonds is 0. The maximum absolute atomic E-state index is 12.2. The number of ether oxygens (including phenoxy) is 3. The van der Waals surface area contributed by atoms with E-state index in [1.165, 1.54) is 12.8 Å². The van der Waals surface area contributed by atoms with Crippen molar-refractivity contribution < 1.29 is 19.0 Å². The largest absolute Gasteiger partial charge is 0.444 e. The van der Waals surface area contributed by atoms with Crippen LogP contribution in [0.2, 0.25) is 0 Å². The highest BCUT2D eigenvalue weighted by atomic mass is 16.6. The number of fused-ring (bicyclic) bond motifs is 10. The molecule has 6 fully saturated rings. The third kappa shape index (κ3) is 3.08. The van der Waals surface area contributed by atoms with E-state index in [1.54, 1.807) is 0 Å². The van der Waals surface area contributed by atoms with Gasteiger partial charge in [0.05, 0.1) is 26.4 Å². The van der Waals surface area contributed by atoms with Crippen molar-refractivity contribution in [1.29, 1.82) is 0 Å². The van der Waals surface area contributed by atoms with E-state index in [-0.39, 0.29) is 6.09 Å². The van der Waals surface area contributed by atoms with Crippen LogP contribution in [-0.2, 0) is 14.2 Å². The van der Waals surface area contributed by atoms with Gasteiger partial charge < -0.3 is 24.4 Å². The zero-order valence-corrected chi connectivity index (χ0v) is 16.9. The van der Waals surface area contributed by atoms with Gasteiger partial charge in [-0.2, -0.15) is 0 Å². The highest BCUT2D eigenvalue weighted by Crippen LogP contribution is 2.49. The molecule has 6 rings (SSSR count). The zero-order chi connectivity index (χ0) is 18.8. The average Bonchev–Trinajstić information content (AvgIpc) is 3.43. The standard InChI is InChI=1S/C13H21NO3.C8H13NO/c1-13(2,3)17-12(15)14-10-4-5-11(14)9-7-16-6-8(9)10;1-2-8-6-4-10-3-5(6)7(1)9-8/h8-11H,4-7H2,1-3H3;5-9H,1-4H2/t8-,9?,10-,11+;5-,6?,7-,8+/m00/s1. The fourth-order valence-electron chi connectivity index (χ4n) is 6.56. The Hall–Kier alpha value is -0.850. The van der Waals surface area contributed by atoms with E-state index in [4.69, 9.17) is 14.2 Å². The summed E-state index contributed by atoms with van der Waals surface area (Å²) < 4.78 is 16.5. The molecule has 0 spiro atoms. The van der Waals surface area contributed by atoms with E-state index in [0.717, 1.165) is 63.2 Å². The maximum atomic E-state index is 12.2. The molecule has 0 aromatic rings. The van der Waals surface area contributed by atoms with Gasteiger partial charge in [0.25, 0.3) is 0 Å². The second-order valence-corrected chi connectivity index (χ2v) is 10.3. The topological polar surface area (TPSA) is 60.0 Å². The van der Waals surface area contributed by atoms with Crippen LogP contribution in [0.4, 0.5) is 4.79 Å². The molecule has 0 saturated carbocycles. The van der Waals surface area contributed by atoms with Crippen molar-refractivity contribution in [2.24, 2.45) is 23.7 Å². The molecule has 6 heterocycles. The summed E-state index contributed by atoms with van der Waals surface area (Å²) in [6.45, 7) is 9.47. The number of hydrogen-bond donors (Lipinski definition) is 1. The Morgan fingerprint density at radius 1 is 0.852 bits per heavy atom. The summed E-state index contributed by atoms with van der Waals surface area (Å²) in [5.74, 6) is 2.86. The molecule has 6 heteroatoms. The van der Waals surface area contributed by atoms with E-state index in [1.807, 2.05) is 25.7 Å². The summed E-state index contributed by atoms with van der Waals surface area (Å²) >= 11 is 0. The normalized spacial score (nSPS) is 46.3. The Morgan fingerprint density at radius 2 is 1.33 bits per heavy atom. The highest BCUT2D eigenvalue weighted by molar-refractivity contribution is 5.70. The van der Waals surface area contributed by atoms with Gasteiger partial charge in [0, 0.05) is 47.8 Å². The van der Waals surface area contributed by atoms with Gasteiger partial charge in [0.15, 0.2) is 0 Å². The minimum atomic E-state index is -0.398. The first kappa shape index (κ1) is 18.2. The van der Waals surface area contributed by atoms with Crippen LogP contribution in [0.1, 0.15) is 46.5 Å². The van der Waals surface area contributed by atoms with Gasteiger partial charge in [-0.3, -0.25) is 0 Å². The Balaban J connectivity index is 0.000000135. The van der Waals surface area contributed by atoms with Gasteiger partial charge in [0.2, 0.25) is 0 Å². The summed E-state index contributed by atoms with van der Waals surface area (Å²) in [6, 6.07) is 2.36. The number of nitrogens with zero attached hydrogens (tertiary/aromatic N) is 1. The SMILES string of the molecule is C1OC[C@H]2C1[C@H]1CC[C@@H]2N1.CC(C)(C)OC(=O)N1[C@@H]2CC[C@H]1[C@H]1COCC21. The maximum Gasteiger partial charge on any atom is 0.410 e. The van der Waals surface area contributed by atoms with Gasteiger partial charge in [-0.15, -0.1) is 0 Å². The molecule has 6 saturated heterocycles. The fourth-order valence-corrected chi connectivity index (χ4v) is 6.56. The Kier molecular flexibility index (Phi) is 4.45. The molecule has 1 amide bonds. The molecule has 6 nitrogen and oxygen atoms in total. The van der Waals surface area contributed by atoms with E-state index < -0.39 is 5.60 Å². The molecule has 1 N–H and O–H groups in total. The van der Waals surface area contributed by atoms with Crippen molar-refractivity contribution in [3.63, 3.8) is 0 Å². The summed E-state index contributed by atoms with van der Waals surface area (Å²) in [6.07, 6.45) is 4.91. The zero-order valence-electron chi connectivity index (χ0n) is 16.9. The van der Waals surface area contributed by atoms with E-state index in [2.05, 4.69) is 5.32 Å². The number of amides is 1. The first-order valence-electron chi connectivity index (χ1n) is 10.9. The van der Waals surface area contributed by atoms with E-state index >= 15 is 0 Å². The number of carbonyl (C=O) groups excluding carboxylic acids is 1. The monoisotopic (exact) mass is 378 g/mol. The molecule has 4 bridgehead atoms. The lowest BCUT2D eigenvalue weighted by atomic mass is 9.82. The molecule has 2 unspecified atom stereocenters. The summed E-state index contributed by atoms with van der Waals surface area (Å²) in [4.78, 5) is 14.2. The van der Waals surface area contributed by atoms with Crippen molar-refractivity contribution in [3.8, 4) is 0 Å². The molecular formula is C21H34N2O4. The summed E-state index contributed by atoms with van der Waals surface area (Å²) in [5.41, 5.74) is -0.398. The van der Waals surface area contributed by atoms with Crippen molar-refractivity contribution in [3.05, 3.63) is 0 Å². The molecule has 8 atom stereocenters. The molecule has 6 aliphatic heterocycles. The van der Waals surface area contributed by atoms with Gasteiger partial charge >= 0.3 is 6.09 Å². The molecule has 27 heavy (non-hydrogen) atoms. The Labute approximate surface area is 162 Å². The van der Waals surface area contributed by atoms with Crippen LogP contribution >= 0.6 is 0 Å². The molecule has 0 aromatic carbocycles. The molecule has 0 radical (unpaired) electrons. The van der Waals surface area contributed by atoms with Gasteiger partial charge in [-0.05, 0) is 46.5 Å². The van der Waals surface area contributed by atoms with Crippen LogP contribution in [0.15, 0.2) is 0 Å². The Bertz CT molecular complexity index is 557. The lowest BCUT2D eigenvalue weighted by Gasteiger charge is -2.28.